The number of anilines is 1. The molecule has 0 heterocycles. The maximum atomic E-state index is 13.5. The number of carbonyl (C=O) groups excluding carboxylic acids is 1. The van der Waals surface area contributed by atoms with E-state index in [2.05, 4.69) is 37.2 Å². The second-order valence-electron chi connectivity index (χ2n) is 3.71. The molecule has 2 aromatic rings. The van der Waals surface area contributed by atoms with Gasteiger partial charge in [-0.15, -0.1) is 0 Å². The van der Waals surface area contributed by atoms with E-state index in [9.17, 15) is 13.6 Å². The highest BCUT2D eigenvalue weighted by Gasteiger charge is 2.11. The van der Waals surface area contributed by atoms with Gasteiger partial charge in [0.05, 0.1) is 10.2 Å². The maximum Gasteiger partial charge on any atom is 0.255 e. The van der Waals surface area contributed by atoms with Crippen molar-refractivity contribution < 1.29 is 13.6 Å². The van der Waals surface area contributed by atoms with Crippen molar-refractivity contribution in [1.29, 1.82) is 0 Å². The third kappa shape index (κ3) is 3.39. The summed E-state index contributed by atoms with van der Waals surface area (Å²) in [5, 5.41) is 2.38. The molecule has 0 atom stereocenters. The summed E-state index contributed by atoms with van der Waals surface area (Å²) in [6, 6.07) is 8.20. The maximum absolute atomic E-state index is 13.5. The Kier molecular flexibility index (Phi) is 4.31. The molecule has 98 valence electrons. The van der Waals surface area contributed by atoms with Gasteiger partial charge in [0, 0.05) is 10.0 Å². The van der Waals surface area contributed by atoms with Crippen LogP contribution in [0.4, 0.5) is 14.5 Å². The van der Waals surface area contributed by atoms with Gasteiger partial charge < -0.3 is 5.32 Å². The number of halogens is 4. The summed E-state index contributed by atoms with van der Waals surface area (Å²) in [4.78, 5) is 11.8. The molecule has 2 rings (SSSR count). The number of amides is 1. The molecule has 1 N–H and O–H groups in total. The molecule has 0 aliphatic rings. The fraction of sp³-hybridized carbons (Fsp3) is 0. The lowest BCUT2D eigenvalue weighted by molar-refractivity contribution is 0.102. The Labute approximate surface area is 125 Å². The smallest absolute Gasteiger partial charge is 0.255 e. The van der Waals surface area contributed by atoms with Crippen LogP contribution in [0.15, 0.2) is 45.3 Å². The van der Waals surface area contributed by atoms with E-state index in [4.69, 9.17) is 0 Å². The Hall–Kier alpha value is -1.27. The second kappa shape index (κ2) is 5.79. The van der Waals surface area contributed by atoms with E-state index < -0.39 is 17.5 Å². The summed E-state index contributed by atoms with van der Waals surface area (Å²) in [5.41, 5.74) is 0.152. The van der Waals surface area contributed by atoms with Gasteiger partial charge in [-0.05, 0) is 52.3 Å². The normalized spacial score (nSPS) is 10.3. The minimum Gasteiger partial charge on any atom is -0.319 e. The van der Waals surface area contributed by atoms with Crippen LogP contribution in [0.25, 0.3) is 0 Å². The van der Waals surface area contributed by atoms with E-state index in [1.807, 2.05) is 0 Å². The number of hydrogen-bond acceptors (Lipinski definition) is 1. The summed E-state index contributed by atoms with van der Waals surface area (Å²) in [7, 11) is 0. The van der Waals surface area contributed by atoms with Crippen molar-refractivity contribution in [2.75, 3.05) is 5.32 Å². The first-order valence-corrected chi connectivity index (χ1v) is 6.77. The SMILES string of the molecule is O=C(Nc1ccc(Br)cc1F)c1ccc(Br)c(F)c1. The Morgan fingerprint density at radius 1 is 1.00 bits per heavy atom. The standard InChI is InChI=1S/C13H7Br2F2NO/c14-8-2-4-12(11(17)6-8)18-13(19)7-1-3-9(15)10(16)5-7/h1-6H,(H,18,19). The van der Waals surface area contributed by atoms with Crippen LogP contribution in [0.3, 0.4) is 0 Å². The van der Waals surface area contributed by atoms with E-state index in [-0.39, 0.29) is 15.7 Å². The van der Waals surface area contributed by atoms with E-state index in [0.717, 1.165) is 6.07 Å². The Morgan fingerprint density at radius 3 is 2.37 bits per heavy atom. The molecule has 0 fully saturated rings. The molecule has 2 nitrogen and oxygen atoms in total. The van der Waals surface area contributed by atoms with Crippen molar-refractivity contribution in [1.82, 2.24) is 0 Å². The lowest BCUT2D eigenvalue weighted by Gasteiger charge is -2.07. The van der Waals surface area contributed by atoms with E-state index in [0.29, 0.717) is 4.47 Å². The lowest BCUT2D eigenvalue weighted by atomic mass is 10.2. The quantitative estimate of drug-likeness (QED) is 0.788. The van der Waals surface area contributed by atoms with E-state index in [1.54, 1.807) is 6.07 Å². The van der Waals surface area contributed by atoms with Gasteiger partial charge in [0.2, 0.25) is 0 Å². The number of benzene rings is 2. The van der Waals surface area contributed by atoms with Gasteiger partial charge in [0.25, 0.3) is 5.91 Å². The molecule has 2 aromatic carbocycles. The molecule has 1 amide bonds. The minimum atomic E-state index is -0.576. The predicted molar refractivity (Wildman–Crippen MR) is 76.2 cm³/mol. The average Bonchev–Trinajstić information content (AvgIpc) is 2.36. The second-order valence-corrected chi connectivity index (χ2v) is 5.48. The van der Waals surface area contributed by atoms with Crippen molar-refractivity contribution >= 4 is 43.5 Å². The van der Waals surface area contributed by atoms with Crippen LogP contribution in [0, 0.1) is 11.6 Å². The molecular weight excluding hydrogens is 384 g/mol. The van der Waals surface area contributed by atoms with Crippen LogP contribution in [0.1, 0.15) is 10.4 Å². The first-order chi connectivity index (χ1) is 8.97. The van der Waals surface area contributed by atoms with E-state index in [1.165, 1.54) is 24.3 Å². The first kappa shape index (κ1) is 14.1. The molecule has 6 heteroatoms. The van der Waals surface area contributed by atoms with Gasteiger partial charge in [0.1, 0.15) is 11.6 Å². The van der Waals surface area contributed by atoms with Crippen molar-refractivity contribution in [2.45, 2.75) is 0 Å². The minimum absolute atomic E-state index is 0.0385. The summed E-state index contributed by atoms with van der Waals surface area (Å²) in [6.07, 6.45) is 0. The highest BCUT2D eigenvalue weighted by molar-refractivity contribution is 9.10. The summed E-state index contributed by atoms with van der Waals surface area (Å²) >= 11 is 6.11. The molecule has 0 radical (unpaired) electrons. The molecule has 0 spiro atoms. The van der Waals surface area contributed by atoms with Gasteiger partial charge >= 0.3 is 0 Å². The largest absolute Gasteiger partial charge is 0.319 e. The average molecular weight is 391 g/mol. The fourth-order valence-corrected chi connectivity index (χ4v) is 2.00. The van der Waals surface area contributed by atoms with E-state index >= 15 is 0 Å². The number of carbonyl (C=O) groups is 1. The van der Waals surface area contributed by atoms with Crippen LogP contribution >= 0.6 is 31.9 Å². The monoisotopic (exact) mass is 389 g/mol. The third-order valence-corrected chi connectivity index (χ3v) is 3.50. The molecule has 0 saturated carbocycles. The molecular formula is C13H7Br2F2NO. The van der Waals surface area contributed by atoms with Gasteiger partial charge in [0.15, 0.2) is 0 Å². The topological polar surface area (TPSA) is 29.1 Å². The zero-order chi connectivity index (χ0) is 14.0. The number of nitrogens with one attached hydrogen (secondary N) is 1. The van der Waals surface area contributed by atoms with Crippen LogP contribution < -0.4 is 5.32 Å². The number of rotatable bonds is 2. The molecule has 0 saturated heterocycles. The summed E-state index contributed by atoms with van der Waals surface area (Å²) < 4.78 is 27.7. The molecule has 0 unspecified atom stereocenters. The predicted octanol–water partition coefficient (Wildman–Crippen LogP) is 4.74. The molecule has 19 heavy (non-hydrogen) atoms. The van der Waals surface area contributed by atoms with Crippen LogP contribution in [0.5, 0.6) is 0 Å². The van der Waals surface area contributed by atoms with Crippen LogP contribution in [-0.4, -0.2) is 5.91 Å². The third-order valence-electron chi connectivity index (χ3n) is 2.36. The molecule has 0 aromatic heterocycles. The van der Waals surface area contributed by atoms with Gasteiger partial charge in [-0.2, -0.15) is 0 Å². The highest BCUT2D eigenvalue weighted by atomic mass is 79.9. The van der Waals surface area contributed by atoms with Crippen molar-refractivity contribution in [2.24, 2.45) is 0 Å². The molecule has 0 aliphatic heterocycles. The molecule has 0 aliphatic carbocycles. The van der Waals surface area contributed by atoms with Crippen LogP contribution in [0.2, 0.25) is 0 Å². The number of hydrogen-bond donors (Lipinski definition) is 1. The first-order valence-electron chi connectivity index (χ1n) is 5.19. The zero-order valence-corrected chi connectivity index (χ0v) is 12.6. The van der Waals surface area contributed by atoms with Crippen molar-refractivity contribution in [3.63, 3.8) is 0 Å². The van der Waals surface area contributed by atoms with Gasteiger partial charge in [-0.25, -0.2) is 8.78 Å². The molecule has 0 bridgehead atoms. The summed E-state index contributed by atoms with van der Waals surface area (Å²) in [6.45, 7) is 0. The van der Waals surface area contributed by atoms with Crippen molar-refractivity contribution in [3.05, 3.63) is 62.5 Å². The lowest BCUT2D eigenvalue weighted by Crippen LogP contribution is -2.13. The Balaban J connectivity index is 2.23. The van der Waals surface area contributed by atoms with Gasteiger partial charge in [-0.1, -0.05) is 15.9 Å². The Morgan fingerprint density at radius 2 is 1.74 bits per heavy atom. The van der Waals surface area contributed by atoms with Gasteiger partial charge in [-0.3, -0.25) is 4.79 Å². The Bertz CT molecular complexity index is 647. The van der Waals surface area contributed by atoms with Crippen molar-refractivity contribution in [3.8, 4) is 0 Å². The zero-order valence-electron chi connectivity index (χ0n) is 9.38. The fourth-order valence-electron chi connectivity index (χ4n) is 1.42. The van der Waals surface area contributed by atoms with Crippen LogP contribution in [-0.2, 0) is 0 Å². The summed E-state index contributed by atoms with van der Waals surface area (Å²) in [5.74, 6) is -1.70. The highest BCUT2D eigenvalue weighted by Crippen LogP contribution is 2.21.